The molecule has 0 bridgehead atoms. The molecule has 94 valence electrons. The zero-order chi connectivity index (χ0) is 12.9. The van der Waals surface area contributed by atoms with Gasteiger partial charge in [-0.25, -0.2) is 0 Å². The minimum atomic E-state index is -0.784. The smallest absolute Gasteiger partial charge is 0.307 e. The Morgan fingerprint density at radius 2 is 1.82 bits per heavy atom. The van der Waals surface area contributed by atoms with Crippen LogP contribution in [0.3, 0.4) is 0 Å². The first-order valence-electron chi connectivity index (χ1n) is 5.88. The van der Waals surface area contributed by atoms with Crippen LogP contribution in [0, 0.1) is 5.41 Å². The first-order chi connectivity index (χ1) is 7.88. The van der Waals surface area contributed by atoms with Crippen LogP contribution in [0.1, 0.15) is 31.9 Å². The van der Waals surface area contributed by atoms with Crippen molar-refractivity contribution < 1.29 is 9.90 Å². The fourth-order valence-electron chi connectivity index (χ4n) is 1.64. The van der Waals surface area contributed by atoms with Gasteiger partial charge in [-0.2, -0.15) is 0 Å². The predicted octanol–water partition coefficient (Wildman–Crippen LogP) is 2.45. The summed E-state index contributed by atoms with van der Waals surface area (Å²) < 4.78 is 0. The van der Waals surface area contributed by atoms with Crippen LogP contribution in [0.25, 0.3) is 0 Å². The summed E-state index contributed by atoms with van der Waals surface area (Å²) in [7, 11) is 0. The second-order valence-electron chi connectivity index (χ2n) is 5.50. The lowest BCUT2D eigenvalue weighted by atomic mass is 9.96. The van der Waals surface area contributed by atoms with Crippen LogP contribution in [-0.2, 0) is 17.8 Å². The number of hydrogen-bond acceptors (Lipinski definition) is 2. The fourth-order valence-corrected chi connectivity index (χ4v) is 1.64. The molecule has 0 aliphatic rings. The zero-order valence-electron chi connectivity index (χ0n) is 10.8. The predicted molar refractivity (Wildman–Crippen MR) is 68.9 cm³/mol. The van der Waals surface area contributed by atoms with Gasteiger partial charge in [-0.15, -0.1) is 0 Å². The molecule has 0 radical (unpaired) electrons. The summed E-state index contributed by atoms with van der Waals surface area (Å²) in [5, 5.41) is 12.2. The highest BCUT2D eigenvalue weighted by Gasteiger charge is 2.10. The van der Waals surface area contributed by atoms with Crippen LogP contribution < -0.4 is 5.32 Å². The van der Waals surface area contributed by atoms with Crippen LogP contribution in [0.5, 0.6) is 0 Å². The number of aliphatic carboxylic acids is 1. The molecule has 2 N–H and O–H groups in total. The molecule has 1 aromatic carbocycles. The minimum absolute atomic E-state index is 0.0906. The Bertz CT molecular complexity index is 380. The highest BCUT2D eigenvalue weighted by atomic mass is 16.4. The summed E-state index contributed by atoms with van der Waals surface area (Å²) in [5.74, 6) is -0.784. The van der Waals surface area contributed by atoms with E-state index >= 15 is 0 Å². The van der Waals surface area contributed by atoms with E-state index in [9.17, 15) is 4.79 Å². The Balaban J connectivity index is 2.61. The molecule has 0 saturated carbocycles. The number of benzene rings is 1. The van der Waals surface area contributed by atoms with E-state index in [-0.39, 0.29) is 11.8 Å². The van der Waals surface area contributed by atoms with E-state index in [1.54, 1.807) is 0 Å². The van der Waals surface area contributed by atoms with E-state index in [4.69, 9.17) is 5.11 Å². The van der Waals surface area contributed by atoms with E-state index in [0.29, 0.717) is 0 Å². The number of rotatable bonds is 5. The highest BCUT2D eigenvalue weighted by Crippen LogP contribution is 2.13. The molecule has 0 amide bonds. The monoisotopic (exact) mass is 235 g/mol. The third kappa shape index (κ3) is 5.50. The van der Waals surface area contributed by atoms with E-state index in [2.05, 4.69) is 26.1 Å². The first kappa shape index (κ1) is 13.7. The van der Waals surface area contributed by atoms with Gasteiger partial charge in [-0.1, -0.05) is 45.0 Å². The van der Waals surface area contributed by atoms with E-state index in [1.165, 1.54) is 0 Å². The van der Waals surface area contributed by atoms with Crippen molar-refractivity contribution in [3.8, 4) is 0 Å². The first-order valence-corrected chi connectivity index (χ1v) is 5.88. The minimum Gasteiger partial charge on any atom is -0.481 e. The number of carboxylic acids is 1. The van der Waals surface area contributed by atoms with Crippen molar-refractivity contribution in [1.82, 2.24) is 5.32 Å². The standard InChI is InChI=1S/C14H21NO2/c1-14(2,3)10-15-9-12-7-5-4-6-11(12)8-13(16)17/h4-7,15H,8-10H2,1-3H3,(H,16,17). The van der Waals surface area contributed by atoms with E-state index < -0.39 is 5.97 Å². The van der Waals surface area contributed by atoms with Gasteiger partial charge in [-0.3, -0.25) is 4.79 Å². The maximum absolute atomic E-state index is 10.7. The maximum Gasteiger partial charge on any atom is 0.307 e. The molecule has 0 fully saturated rings. The molecule has 0 unspecified atom stereocenters. The van der Waals surface area contributed by atoms with Crippen molar-refractivity contribution in [2.75, 3.05) is 6.54 Å². The molecule has 3 heteroatoms. The van der Waals surface area contributed by atoms with Crippen LogP contribution in [0.4, 0.5) is 0 Å². The van der Waals surface area contributed by atoms with E-state index in [1.807, 2.05) is 24.3 Å². The van der Waals surface area contributed by atoms with Crippen molar-refractivity contribution in [2.45, 2.75) is 33.7 Å². The molecule has 0 atom stereocenters. The summed E-state index contributed by atoms with van der Waals surface area (Å²) in [6.07, 6.45) is 0.0906. The molecular weight excluding hydrogens is 214 g/mol. The van der Waals surface area contributed by atoms with Crippen molar-refractivity contribution >= 4 is 5.97 Å². The molecule has 1 rings (SSSR count). The van der Waals surface area contributed by atoms with Crippen LogP contribution in [0.2, 0.25) is 0 Å². The molecule has 0 saturated heterocycles. The van der Waals surface area contributed by atoms with Crippen LogP contribution >= 0.6 is 0 Å². The summed E-state index contributed by atoms with van der Waals surface area (Å²) in [4.78, 5) is 10.7. The summed E-state index contributed by atoms with van der Waals surface area (Å²) in [6, 6.07) is 7.68. The molecule has 0 aliphatic heterocycles. The van der Waals surface area contributed by atoms with Crippen molar-refractivity contribution in [3.63, 3.8) is 0 Å². The third-order valence-electron chi connectivity index (χ3n) is 2.43. The van der Waals surface area contributed by atoms with Gasteiger partial charge in [0.1, 0.15) is 0 Å². The van der Waals surface area contributed by atoms with Gasteiger partial charge in [0.2, 0.25) is 0 Å². The van der Waals surface area contributed by atoms with Crippen LogP contribution in [-0.4, -0.2) is 17.6 Å². The second kappa shape index (κ2) is 5.82. The van der Waals surface area contributed by atoms with Gasteiger partial charge < -0.3 is 10.4 Å². The Kier molecular flexibility index (Phi) is 4.70. The van der Waals surface area contributed by atoms with Crippen LogP contribution in [0.15, 0.2) is 24.3 Å². The quantitative estimate of drug-likeness (QED) is 0.824. The average Bonchev–Trinajstić information content (AvgIpc) is 2.18. The van der Waals surface area contributed by atoms with Gasteiger partial charge in [0, 0.05) is 13.1 Å². The Hall–Kier alpha value is -1.35. The van der Waals surface area contributed by atoms with Crippen molar-refractivity contribution in [2.24, 2.45) is 5.41 Å². The lowest BCUT2D eigenvalue weighted by Gasteiger charge is -2.19. The molecule has 0 aliphatic carbocycles. The Labute approximate surface area is 103 Å². The molecule has 0 heterocycles. The summed E-state index contributed by atoms with van der Waals surface area (Å²) in [6.45, 7) is 8.14. The highest BCUT2D eigenvalue weighted by molar-refractivity contribution is 5.70. The normalized spacial score (nSPS) is 11.5. The maximum atomic E-state index is 10.7. The molecule has 1 aromatic rings. The second-order valence-corrected chi connectivity index (χ2v) is 5.50. The van der Waals surface area contributed by atoms with E-state index in [0.717, 1.165) is 24.2 Å². The molecule has 0 aromatic heterocycles. The van der Waals surface area contributed by atoms with Gasteiger partial charge in [0.15, 0.2) is 0 Å². The van der Waals surface area contributed by atoms with Gasteiger partial charge in [0.25, 0.3) is 0 Å². The summed E-state index contributed by atoms with van der Waals surface area (Å²) in [5.41, 5.74) is 2.20. The number of nitrogens with one attached hydrogen (secondary N) is 1. The average molecular weight is 235 g/mol. The molecule has 17 heavy (non-hydrogen) atoms. The van der Waals surface area contributed by atoms with Crippen molar-refractivity contribution in [1.29, 1.82) is 0 Å². The summed E-state index contributed by atoms with van der Waals surface area (Å²) >= 11 is 0. The molecular formula is C14H21NO2. The van der Waals surface area contributed by atoms with Crippen molar-refractivity contribution in [3.05, 3.63) is 35.4 Å². The third-order valence-corrected chi connectivity index (χ3v) is 2.43. The number of carbonyl (C=O) groups is 1. The number of hydrogen-bond donors (Lipinski definition) is 2. The van der Waals surface area contributed by atoms with Gasteiger partial charge in [-0.05, 0) is 16.5 Å². The molecule has 0 spiro atoms. The number of carboxylic acid groups (broad SMARTS) is 1. The Morgan fingerprint density at radius 3 is 2.35 bits per heavy atom. The molecule has 3 nitrogen and oxygen atoms in total. The topological polar surface area (TPSA) is 49.3 Å². The largest absolute Gasteiger partial charge is 0.481 e. The zero-order valence-corrected chi connectivity index (χ0v) is 10.8. The Morgan fingerprint density at radius 1 is 1.24 bits per heavy atom. The fraction of sp³-hybridized carbons (Fsp3) is 0.500. The van der Waals surface area contributed by atoms with Gasteiger partial charge in [0.05, 0.1) is 6.42 Å². The van der Waals surface area contributed by atoms with Gasteiger partial charge >= 0.3 is 5.97 Å². The lowest BCUT2D eigenvalue weighted by Crippen LogP contribution is -2.26. The lowest BCUT2D eigenvalue weighted by molar-refractivity contribution is -0.136. The SMILES string of the molecule is CC(C)(C)CNCc1ccccc1CC(=O)O.